The van der Waals surface area contributed by atoms with Crippen LogP contribution in [0, 0.1) is 5.92 Å². The minimum atomic E-state index is -4.40. The number of hydrogen-bond donors (Lipinski definition) is 0. The highest BCUT2D eigenvalue weighted by Gasteiger charge is 2.34. The van der Waals surface area contributed by atoms with Crippen molar-refractivity contribution in [3.05, 3.63) is 47.5 Å². The SMILES string of the molecule is O=C1CCN(C[C@H]2CC=CCC2)CCN1Cc1ccccc1C(F)(F)F. The number of hydrogen-bond acceptors (Lipinski definition) is 2. The molecular weight excluding hydrogens is 341 g/mol. The van der Waals surface area contributed by atoms with Gasteiger partial charge in [-0.3, -0.25) is 4.79 Å². The van der Waals surface area contributed by atoms with Crippen molar-refractivity contribution in [1.82, 2.24) is 9.80 Å². The molecule has 3 nitrogen and oxygen atoms in total. The first kappa shape index (κ1) is 19.0. The summed E-state index contributed by atoms with van der Waals surface area (Å²) in [4.78, 5) is 16.3. The standard InChI is InChI=1S/C20H25F3N2O/c21-20(22,23)18-9-5-4-8-17(18)15-25-13-12-24(11-10-19(25)26)14-16-6-2-1-3-7-16/h1-2,4-5,8-9,16H,3,6-7,10-15H2/t16-/m0/s1. The summed E-state index contributed by atoms with van der Waals surface area (Å²) in [7, 11) is 0. The van der Waals surface area contributed by atoms with Crippen molar-refractivity contribution in [2.24, 2.45) is 5.92 Å². The van der Waals surface area contributed by atoms with Crippen LogP contribution in [0.5, 0.6) is 0 Å². The molecule has 1 saturated heterocycles. The summed E-state index contributed by atoms with van der Waals surface area (Å²) in [5, 5.41) is 0. The van der Waals surface area contributed by atoms with Crippen molar-refractivity contribution < 1.29 is 18.0 Å². The van der Waals surface area contributed by atoms with Crippen LogP contribution in [0.3, 0.4) is 0 Å². The van der Waals surface area contributed by atoms with E-state index in [9.17, 15) is 18.0 Å². The van der Waals surface area contributed by atoms with Crippen LogP contribution < -0.4 is 0 Å². The molecule has 1 atom stereocenters. The van der Waals surface area contributed by atoms with Crippen molar-refractivity contribution in [2.45, 2.75) is 38.4 Å². The number of carbonyl (C=O) groups excluding carboxylic acids is 1. The van der Waals surface area contributed by atoms with Crippen molar-refractivity contribution in [1.29, 1.82) is 0 Å². The van der Waals surface area contributed by atoms with Gasteiger partial charge in [-0.1, -0.05) is 30.4 Å². The largest absolute Gasteiger partial charge is 0.416 e. The highest BCUT2D eigenvalue weighted by Crippen LogP contribution is 2.32. The second-order valence-corrected chi connectivity index (χ2v) is 7.17. The van der Waals surface area contributed by atoms with Gasteiger partial charge >= 0.3 is 6.18 Å². The maximum absolute atomic E-state index is 13.2. The fourth-order valence-electron chi connectivity index (χ4n) is 3.79. The molecule has 1 aliphatic heterocycles. The van der Waals surface area contributed by atoms with Crippen LogP contribution in [-0.2, 0) is 17.5 Å². The zero-order valence-electron chi connectivity index (χ0n) is 14.8. The third-order valence-corrected chi connectivity index (χ3v) is 5.26. The van der Waals surface area contributed by atoms with Gasteiger partial charge in [0.2, 0.25) is 5.91 Å². The van der Waals surface area contributed by atoms with E-state index in [0.29, 0.717) is 25.4 Å². The lowest BCUT2D eigenvalue weighted by Gasteiger charge is -2.27. The van der Waals surface area contributed by atoms with E-state index < -0.39 is 11.7 Å². The van der Waals surface area contributed by atoms with Gasteiger partial charge in [-0.25, -0.2) is 0 Å². The molecule has 0 unspecified atom stereocenters. The number of benzene rings is 1. The van der Waals surface area contributed by atoms with E-state index in [4.69, 9.17) is 0 Å². The molecular formula is C20H25F3N2O. The van der Waals surface area contributed by atoms with Gasteiger partial charge in [0.15, 0.2) is 0 Å². The number of allylic oxidation sites excluding steroid dienone is 2. The van der Waals surface area contributed by atoms with E-state index in [1.54, 1.807) is 11.0 Å². The quantitative estimate of drug-likeness (QED) is 0.749. The monoisotopic (exact) mass is 366 g/mol. The Labute approximate surface area is 152 Å². The third kappa shape index (κ3) is 4.87. The van der Waals surface area contributed by atoms with E-state index in [0.717, 1.165) is 32.0 Å². The normalized spacial score (nSPS) is 22.5. The molecule has 0 radical (unpaired) electrons. The Hall–Kier alpha value is -1.82. The Morgan fingerprint density at radius 3 is 2.62 bits per heavy atom. The molecule has 1 heterocycles. The van der Waals surface area contributed by atoms with Gasteiger partial charge in [0.25, 0.3) is 0 Å². The summed E-state index contributed by atoms with van der Waals surface area (Å²) in [5.41, 5.74) is -0.484. The van der Waals surface area contributed by atoms with Crippen LogP contribution in [0.4, 0.5) is 13.2 Å². The Morgan fingerprint density at radius 1 is 1.08 bits per heavy atom. The minimum Gasteiger partial charge on any atom is -0.337 e. The van der Waals surface area contributed by atoms with Gasteiger partial charge in [-0.2, -0.15) is 13.2 Å². The zero-order chi connectivity index (χ0) is 18.6. The highest BCUT2D eigenvalue weighted by atomic mass is 19.4. The summed E-state index contributed by atoms with van der Waals surface area (Å²) in [6, 6.07) is 5.53. The summed E-state index contributed by atoms with van der Waals surface area (Å²) in [6.07, 6.45) is 3.76. The molecule has 3 rings (SSSR count). The fraction of sp³-hybridized carbons (Fsp3) is 0.550. The maximum atomic E-state index is 13.2. The van der Waals surface area contributed by atoms with Gasteiger partial charge in [0.05, 0.1) is 5.56 Å². The minimum absolute atomic E-state index is 0.0223. The Balaban J connectivity index is 1.63. The number of carbonyl (C=O) groups is 1. The van der Waals surface area contributed by atoms with Crippen molar-refractivity contribution >= 4 is 5.91 Å². The van der Waals surface area contributed by atoms with E-state index in [-0.39, 0.29) is 18.0 Å². The second kappa shape index (κ2) is 8.25. The number of nitrogens with zero attached hydrogens (tertiary/aromatic N) is 2. The first-order valence-corrected chi connectivity index (χ1v) is 9.23. The average Bonchev–Trinajstić information content (AvgIpc) is 2.78. The molecule has 0 aromatic heterocycles. The molecule has 1 amide bonds. The van der Waals surface area contributed by atoms with Crippen LogP contribution in [-0.4, -0.2) is 41.9 Å². The molecule has 26 heavy (non-hydrogen) atoms. The Morgan fingerprint density at radius 2 is 1.88 bits per heavy atom. The first-order chi connectivity index (χ1) is 12.4. The predicted molar refractivity (Wildman–Crippen MR) is 94.4 cm³/mol. The van der Waals surface area contributed by atoms with Gasteiger partial charge in [0, 0.05) is 39.1 Å². The second-order valence-electron chi connectivity index (χ2n) is 7.17. The van der Waals surface area contributed by atoms with Crippen molar-refractivity contribution in [3.63, 3.8) is 0 Å². The number of alkyl halides is 3. The lowest BCUT2D eigenvalue weighted by atomic mass is 9.94. The third-order valence-electron chi connectivity index (χ3n) is 5.26. The Kier molecular flexibility index (Phi) is 6.01. The topological polar surface area (TPSA) is 23.6 Å². The molecule has 1 aliphatic carbocycles. The van der Waals surface area contributed by atoms with E-state index in [1.807, 2.05) is 0 Å². The Bertz CT molecular complexity index is 657. The fourth-order valence-corrected chi connectivity index (χ4v) is 3.79. The molecule has 0 N–H and O–H groups in total. The molecule has 142 valence electrons. The number of halogens is 3. The van der Waals surface area contributed by atoms with Crippen LogP contribution >= 0.6 is 0 Å². The highest BCUT2D eigenvalue weighted by molar-refractivity contribution is 5.76. The predicted octanol–water partition coefficient (Wildman–Crippen LogP) is 4.10. The van der Waals surface area contributed by atoms with Crippen molar-refractivity contribution in [2.75, 3.05) is 26.2 Å². The van der Waals surface area contributed by atoms with Crippen LogP contribution in [0.15, 0.2) is 36.4 Å². The molecule has 6 heteroatoms. The molecule has 0 saturated carbocycles. The maximum Gasteiger partial charge on any atom is 0.416 e. The van der Waals surface area contributed by atoms with E-state index in [2.05, 4.69) is 17.1 Å². The van der Waals surface area contributed by atoms with Crippen LogP contribution in [0.2, 0.25) is 0 Å². The summed E-state index contributed by atoms with van der Waals surface area (Å²) >= 11 is 0. The lowest BCUT2D eigenvalue weighted by molar-refractivity contribution is -0.139. The molecule has 2 aliphatic rings. The number of amides is 1. The van der Waals surface area contributed by atoms with Gasteiger partial charge < -0.3 is 9.80 Å². The molecule has 0 spiro atoms. The smallest absolute Gasteiger partial charge is 0.337 e. The first-order valence-electron chi connectivity index (χ1n) is 9.23. The molecule has 0 bridgehead atoms. The summed E-state index contributed by atoms with van der Waals surface area (Å²) in [6.45, 7) is 2.88. The summed E-state index contributed by atoms with van der Waals surface area (Å²) < 4.78 is 39.6. The average molecular weight is 366 g/mol. The van der Waals surface area contributed by atoms with E-state index in [1.165, 1.54) is 18.6 Å². The van der Waals surface area contributed by atoms with Gasteiger partial charge in [-0.15, -0.1) is 0 Å². The molecule has 1 fully saturated rings. The zero-order valence-corrected chi connectivity index (χ0v) is 14.8. The van der Waals surface area contributed by atoms with Gasteiger partial charge in [0.1, 0.15) is 0 Å². The van der Waals surface area contributed by atoms with Crippen molar-refractivity contribution in [3.8, 4) is 0 Å². The molecule has 1 aromatic rings. The lowest BCUT2D eigenvalue weighted by Crippen LogP contribution is -2.35. The van der Waals surface area contributed by atoms with Gasteiger partial charge in [-0.05, 0) is 36.8 Å². The summed E-state index contributed by atoms with van der Waals surface area (Å²) in [5.74, 6) is 0.556. The van der Waals surface area contributed by atoms with Crippen LogP contribution in [0.25, 0.3) is 0 Å². The van der Waals surface area contributed by atoms with E-state index >= 15 is 0 Å². The van der Waals surface area contributed by atoms with Crippen LogP contribution in [0.1, 0.15) is 36.8 Å². The molecule has 1 aromatic carbocycles. The number of rotatable bonds is 4.